The summed E-state index contributed by atoms with van der Waals surface area (Å²) < 4.78 is 5.64. The number of rotatable bonds is 2. The molecule has 0 aliphatic heterocycles. The molecule has 0 aliphatic carbocycles. The predicted octanol–water partition coefficient (Wildman–Crippen LogP) is 2.71. The van der Waals surface area contributed by atoms with Crippen molar-refractivity contribution in [2.24, 2.45) is 0 Å². The Hall–Kier alpha value is -2.69. The SMILES string of the molecule is Cc1cccc(N)c1Oc1nnc2ccccc2n1. The van der Waals surface area contributed by atoms with E-state index in [1.807, 2.05) is 43.3 Å². The second kappa shape index (κ2) is 4.53. The number of aromatic nitrogens is 3. The summed E-state index contributed by atoms with van der Waals surface area (Å²) in [6.07, 6.45) is 0. The Morgan fingerprint density at radius 2 is 1.74 bits per heavy atom. The highest BCUT2D eigenvalue weighted by Gasteiger charge is 2.08. The van der Waals surface area contributed by atoms with Crippen molar-refractivity contribution >= 4 is 16.7 Å². The molecule has 0 spiro atoms. The van der Waals surface area contributed by atoms with Crippen molar-refractivity contribution in [3.8, 4) is 11.8 Å². The van der Waals surface area contributed by atoms with Crippen molar-refractivity contribution in [2.45, 2.75) is 6.92 Å². The van der Waals surface area contributed by atoms with Gasteiger partial charge in [0.05, 0.1) is 11.2 Å². The molecular formula is C14H12N4O. The van der Waals surface area contributed by atoms with Gasteiger partial charge in [0.15, 0.2) is 5.75 Å². The molecule has 2 N–H and O–H groups in total. The lowest BCUT2D eigenvalue weighted by Crippen LogP contribution is -1.99. The topological polar surface area (TPSA) is 73.9 Å². The van der Waals surface area contributed by atoms with Gasteiger partial charge in [0.25, 0.3) is 0 Å². The van der Waals surface area contributed by atoms with Gasteiger partial charge < -0.3 is 10.5 Å². The lowest BCUT2D eigenvalue weighted by molar-refractivity contribution is 0.436. The molecule has 1 aromatic heterocycles. The van der Waals surface area contributed by atoms with E-state index in [1.54, 1.807) is 6.07 Å². The normalized spacial score (nSPS) is 10.6. The summed E-state index contributed by atoms with van der Waals surface area (Å²) >= 11 is 0. The van der Waals surface area contributed by atoms with E-state index in [0.717, 1.165) is 16.6 Å². The molecule has 5 heteroatoms. The number of para-hydroxylation sites is 2. The smallest absolute Gasteiger partial charge is 0.341 e. The van der Waals surface area contributed by atoms with Crippen LogP contribution in [-0.2, 0) is 0 Å². The third kappa shape index (κ3) is 2.18. The lowest BCUT2D eigenvalue weighted by atomic mass is 10.2. The number of benzene rings is 2. The van der Waals surface area contributed by atoms with E-state index in [-0.39, 0.29) is 6.01 Å². The van der Waals surface area contributed by atoms with Crippen molar-refractivity contribution in [1.29, 1.82) is 0 Å². The summed E-state index contributed by atoms with van der Waals surface area (Å²) in [5.41, 5.74) is 8.83. The van der Waals surface area contributed by atoms with Gasteiger partial charge in [-0.3, -0.25) is 0 Å². The quantitative estimate of drug-likeness (QED) is 0.710. The minimum absolute atomic E-state index is 0.194. The first-order valence-corrected chi connectivity index (χ1v) is 5.86. The molecule has 0 aliphatic rings. The van der Waals surface area contributed by atoms with E-state index in [0.29, 0.717) is 11.4 Å². The number of nitrogens with zero attached hydrogens (tertiary/aromatic N) is 3. The molecule has 3 rings (SSSR count). The number of nitrogens with two attached hydrogens (primary N) is 1. The van der Waals surface area contributed by atoms with E-state index >= 15 is 0 Å². The summed E-state index contributed by atoms with van der Waals surface area (Å²) in [5, 5.41) is 8.00. The van der Waals surface area contributed by atoms with Gasteiger partial charge in [-0.25, -0.2) is 0 Å². The Morgan fingerprint density at radius 3 is 2.53 bits per heavy atom. The third-order valence-electron chi connectivity index (χ3n) is 2.78. The van der Waals surface area contributed by atoms with Crippen LogP contribution in [0.4, 0.5) is 5.69 Å². The van der Waals surface area contributed by atoms with Gasteiger partial charge in [0.1, 0.15) is 5.52 Å². The van der Waals surface area contributed by atoms with Crippen molar-refractivity contribution in [3.05, 3.63) is 48.0 Å². The summed E-state index contributed by atoms with van der Waals surface area (Å²) in [6.45, 7) is 1.92. The molecule has 0 saturated carbocycles. The minimum Gasteiger partial charge on any atom is -0.421 e. The van der Waals surface area contributed by atoms with Gasteiger partial charge in [0, 0.05) is 0 Å². The number of anilines is 1. The summed E-state index contributed by atoms with van der Waals surface area (Å²) in [7, 11) is 0. The van der Waals surface area contributed by atoms with E-state index in [4.69, 9.17) is 10.5 Å². The van der Waals surface area contributed by atoms with Crippen molar-refractivity contribution in [2.75, 3.05) is 5.73 Å². The van der Waals surface area contributed by atoms with Crippen LogP contribution in [-0.4, -0.2) is 15.2 Å². The first-order chi connectivity index (χ1) is 9.24. The molecule has 2 aromatic carbocycles. The monoisotopic (exact) mass is 252 g/mol. The molecule has 94 valence electrons. The number of hydrogen-bond donors (Lipinski definition) is 1. The van der Waals surface area contributed by atoms with E-state index in [2.05, 4.69) is 15.2 Å². The minimum atomic E-state index is 0.194. The molecule has 19 heavy (non-hydrogen) atoms. The molecular weight excluding hydrogens is 240 g/mol. The Kier molecular flexibility index (Phi) is 2.72. The Morgan fingerprint density at radius 1 is 0.947 bits per heavy atom. The van der Waals surface area contributed by atoms with Crippen LogP contribution in [0.25, 0.3) is 11.0 Å². The van der Waals surface area contributed by atoms with E-state index < -0.39 is 0 Å². The predicted molar refractivity (Wildman–Crippen MR) is 73.0 cm³/mol. The van der Waals surface area contributed by atoms with Crippen LogP contribution in [0.1, 0.15) is 5.56 Å². The molecule has 0 atom stereocenters. The molecule has 5 nitrogen and oxygen atoms in total. The van der Waals surface area contributed by atoms with Crippen molar-refractivity contribution in [3.63, 3.8) is 0 Å². The maximum atomic E-state index is 5.88. The molecule has 0 radical (unpaired) electrons. The fourth-order valence-electron chi connectivity index (χ4n) is 1.81. The van der Waals surface area contributed by atoms with Crippen LogP contribution in [0.5, 0.6) is 11.8 Å². The Balaban J connectivity index is 2.01. The number of aryl methyl sites for hydroxylation is 1. The average Bonchev–Trinajstić information content (AvgIpc) is 2.43. The van der Waals surface area contributed by atoms with Crippen molar-refractivity contribution in [1.82, 2.24) is 15.2 Å². The zero-order valence-electron chi connectivity index (χ0n) is 10.4. The maximum Gasteiger partial charge on any atom is 0.341 e. The van der Waals surface area contributed by atoms with Crippen LogP contribution >= 0.6 is 0 Å². The maximum absolute atomic E-state index is 5.88. The Bertz CT molecular complexity index is 722. The molecule has 0 unspecified atom stereocenters. The van der Waals surface area contributed by atoms with Gasteiger partial charge in [-0.15, -0.1) is 5.10 Å². The standard InChI is InChI=1S/C14H12N4O/c1-9-5-4-6-10(15)13(9)19-14-16-11-7-2-3-8-12(11)17-18-14/h2-8H,15H2,1H3. The van der Waals surface area contributed by atoms with Crippen LogP contribution in [0.15, 0.2) is 42.5 Å². The summed E-state index contributed by atoms with van der Waals surface area (Å²) in [4.78, 5) is 4.30. The first kappa shape index (κ1) is 11.4. The zero-order chi connectivity index (χ0) is 13.2. The van der Waals surface area contributed by atoms with Crippen molar-refractivity contribution < 1.29 is 4.74 Å². The molecule has 1 heterocycles. The van der Waals surface area contributed by atoms with Crippen LogP contribution in [0, 0.1) is 6.92 Å². The number of fused-ring (bicyclic) bond motifs is 1. The zero-order valence-corrected chi connectivity index (χ0v) is 10.4. The fraction of sp³-hybridized carbons (Fsp3) is 0.0714. The number of ether oxygens (including phenoxy) is 1. The van der Waals surface area contributed by atoms with Gasteiger partial charge >= 0.3 is 6.01 Å². The van der Waals surface area contributed by atoms with Crippen LogP contribution in [0.3, 0.4) is 0 Å². The highest BCUT2D eigenvalue weighted by molar-refractivity contribution is 5.73. The largest absolute Gasteiger partial charge is 0.421 e. The summed E-state index contributed by atoms with van der Waals surface area (Å²) in [6, 6.07) is 13.2. The van der Waals surface area contributed by atoms with Gasteiger partial charge in [-0.2, -0.15) is 4.98 Å². The fourth-order valence-corrected chi connectivity index (χ4v) is 1.81. The Labute approximate surface area is 110 Å². The second-order valence-electron chi connectivity index (χ2n) is 4.18. The van der Waals surface area contributed by atoms with Gasteiger partial charge in [-0.1, -0.05) is 29.4 Å². The molecule has 0 bridgehead atoms. The molecule has 3 aromatic rings. The molecule has 0 amide bonds. The first-order valence-electron chi connectivity index (χ1n) is 5.86. The van der Waals surface area contributed by atoms with Crippen LogP contribution in [0.2, 0.25) is 0 Å². The van der Waals surface area contributed by atoms with E-state index in [9.17, 15) is 0 Å². The van der Waals surface area contributed by atoms with E-state index in [1.165, 1.54) is 0 Å². The lowest BCUT2D eigenvalue weighted by Gasteiger charge is -2.09. The highest BCUT2D eigenvalue weighted by atomic mass is 16.5. The van der Waals surface area contributed by atoms with Gasteiger partial charge in [-0.05, 0) is 30.7 Å². The third-order valence-corrected chi connectivity index (χ3v) is 2.78. The number of nitrogen functional groups attached to an aromatic ring is 1. The average molecular weight is 252 g/mol. The highest BCUT2D eigenvalue weighted by Crippen LogP contribution is 2.29. The summed E-state index contributed by atoms with van der Waals surface area (Å²) in [5.74, 6) is 0.569. The second-order valence-corrected chi connectivity index (χ2v) is 4.18. The molecule has 0 fully saturated rings. The van der Waals surface area contributed by atoms with Gasteiger partial charge in [0.2, 0.25) is 0 Å². The number of hydrogen-bond acceptors (Lipinski definition) is 5. The molecule has 0 saturated heterocycles. The van der Waals surface area contributed by atoms with Crippen LogP contribution < -0.4 is 10.5 Å².